The highest BCUT2D eigenvalue weighted by molar-refractivity contribution is 6.17. The molecule has 0 fully saturated rings. The molecule has 260 valence electrons. The van der Waals surface area contributed by atoms with E-state index in [-0.39, 0.29) is 0 Å². The number of rotatable bonds is 7. The number of nitrogens with one attached hydrogen (secondary N) is 1. The molecule has 1 unspecified atom stereocenters. The summed E-state index contributed by atoms with van der Waals surface area (Å²) in [6.07, 6.45) is -0.505. The fourth-order valence-electron chi connectivity index (χ4n) is 7.55. The number of amidine groups is 2. The first-order chi connectivity index (χ1) is 27.2. The Kier molecular flexibility index (Phi) is 8.19. The van der Waals surface area contributed by atoms with Crippen molar-refractivity contribution in [3.63, 3.8) is 0 Å². The van der Waals surface area contributed by atoms with Crippen molar-refractivity contribution in [2.75, 3.05) is 0 Å². The molecule has 2 heterocycles. The zero-order chi connectivity index (χ0) is 36.6. The topological polar surface area (TPSA) is 49.9 Å². The van der Waals surface area contributed by atoms with E-state index in [2.05, 4.69) is 163 Å². The van der Waals surface area contributed by atoms with E-state index in [0.29, 0.717) is 0 Å². The van der Waals surface area contributed by atoms with Gasteiger partial charge < -0.3 is 9.73 Å². The summed E-state index contributed by atoms with van der Waals surface area (Å²) >= 11 is 0. The molecule has 55 heavy (non-hydrogen) atoms. The summed E-state index contributed by atoms with van der Waals surface area (Å²) in [5.74, 6) is 1.55. The van der Waals surface area contributed by atoms with Gasteiger partial charge in [0.15, 0.2) is 6.17 Å². The van der Waals surface area contributed by atoms with E-state index in [4.69, 9.17) is 14.4 Å². The quantitative estimate of drug-likeness (QED) is 0.179. The first-order valence-corrected chi connectivity index (χ1v) is 18.6. The maximum absolute atomic E-state index is 6.68. The van der Waals surface area contributed by atoms with E-state index < -0.39 is 6.17 Å². The minimum atomic E-state index is -0.505. The summed E-state index contributed by atoms with van der Waals surface area (Å²) in [6, 6.07) is 69.9. The van der Waals surface area contributed by atoms with Gasteiger partial charge in [0.1, 0.15) is 22.8 Å². The van der Waals surface area contributed by atoms with E-state index in [1.54, 1.807) is 0 Å². The van der Waals surface area contributed by atoms with Crippen LogP contribution in [0.15, 0.2) is 215 Å². The zero-order valence-corrected chi connectivity index (χ0v) is 29.9. The smallest absolute Gasteiger partial charge is 0.170 e. The fourth-order valence-corrected chi connectivity index (χ4v) is 7.55. The van der Waals surface area contributed by atoms with Gasteiger partial charge >= 0.3 is 0 Å². The molecule has 0 aliphatic carbocycles. The molecule has 0 saturated heterocycles. The third kappa shape index (κ3) is 6.20. The molecule has 0 radical (unpaired) electrons. The molecule has 0 saturated carbocycles. The molecule has 0 spiro atoms. The lowest BCUT2D eigenvalue weighted by Crippen LogP contribution is -2.36. The number of fused-ring (bicyclic) bond motifs is 3. The molecule has 10 rings (SSSR count). The van der Waals surface area contributed by atoms with E-state index in [1.165, 1.54) is 27.8 Å². The number of furan rings is 1. The van der Waals surface area contributed by atoms with Crippen LogP contribution in [-0.2, 0) is 0 Å². The van der Waals surface area contributed by atoms with Crippen molar-refractivity contribution in [2.24, 2.45) is 9.98 Å². The van der Waals surface area contributed by atoms with Crippen molar-refractivity contribution in [1.82, 2.24) is 5.32 Å². The van der Waals surface area contributed by atoms with Crippen LogP contribution in [0.4, 0.5) is 0 Å². The Bertz CT molecular complexity index is 2840. The molecular formula is C51H35N3O. The van der Waals surface area contributed by atoms with E-state index in [1.807, 2.05) is 42.5 Å². The summed E-state index contributed by atoms with van der Waals surface area (Å²) in [6.45, 7) is 0. The fraction of sp³-hybridized carbons (Fsp3) is 0.0196. The van der Waals surface area contributed by atoms with Gasteiger partial charge in [0, 0.05) is 33.0 Å². The van der Waals surface area contributed by atoms with Crippen LogP contribution < -0.4 is 5.32 Å². The van der Waals surface area contributed by atoms with E-state index >= 15 is 0 Å². The van der Waals surface area contributed by atoms with Gasteiger partial charge in [-0.25, -0.2) is 9.98 Å². The van der Waals surface area contributed by atoms with Crippen molar-refractivity contribution >= 4 is 33.6 Å². The van der Waals surface area contributed by atoms with Gasteiger partial charge in [-0.05, 0) is 45.0 Å². The van der Waals surface area contributed by atoms with Gasteiger partial charge in [-0.15, -0.1) is 0 Å². The number of para-hydroxylation sites is 1. The molecule has 0 bridgehead atoms. The van der Waals surface area contributed by atoms with Crippen LogP contribution in [0.25, 0.3) is 66.4 Å². The zero-order valence-electron chi connectivity index (χ0n) is 29.9. The Balaban J connectivity index is 1.05. The largest absolute Gasteiger partial charge is 0.455 e. The molecule has 8 aromatic carbocycles. The molecule has 1 atom stereocenters. The lowest BCUT2D eigenvalue weighted by molar-refractivity contribution is 0.668. The highest BCUT2D eigenvalue weighted by Crippen LogP contribution is 2.42. The van der Waals surface area contributed by atoms with Gasteiger partial charge in [0.2, 0.25) is 0 Å². The molecule has 1 N–H and O–H groups in total. The minimum Gasteiger partial charge on any atom is -0.455 e. The van der Waals surface area contributed by atoms with Crippen LogP contribution in [-0.4, -0.2) is 11.7 Å². The van der Waals surface area contributed by atoms with Crippen molar-refractivity contribution in [3.8, 4) is 44.5 Å². The highest BCUT2D eigenvalue weighted by Gasteiger charge is 2.25. The molecule has 0 amide bonds. The summed E-state index contributed by atoms with van der Waals surface area (Å²) in [5.41, 5.74) is 13.9. The Morgan fingerprint density at radius 1 is 0.364 bits per heavy atom. The molecule has 4 nitrogen and oxygen atoms in total. The summed E-state index contributed by atoms with van der Waals surface area (Å²) in [5, 5.41) is 5.66. The van der Waals surface area contributed by atoms with Gasteiger partial charge in [-0.2, -0.15) is 0 Å². The van der Waals surface area contributed by atoms with Crippen molar-refractivity contribution in [2.45, 2.75) is 6.17 Å². The number of nitrogens with zero attached hydrogens (tertiary/aromatic N) is 2. The van der Waals surface area contributed by atoms with Crippen molar-refractivity contribution in [1.29, 1.82) is 0 Å². The van der Waals surface area contributed by atoms with Crippen LogP contribution in [0, 0.1) is 0 Å². The molecule has 1 aromatic heterocycles. The number of benzene rings is 8. The molecule has 9 aromatic rings. The third-order valence-electron chi connectivity index (χ3n) is 10.4. The van der Waals surface area contributed by atoms with E-state index in [0.717, 1.165) is 67.0 Å². The Labute approximate surface area is 319 Å². The van der Waals surface area contributed by atoms with Gasteiger partial charge in [0.25, 0.3) is 0 Å². The van der Waals surface area contributed by atoms with Gasteiger partial charge in [-0.3, -0.25) is 0 Å². The molecule has 4 heteroatoms. The summed E-state index contributed by atoms with van der Waals surface area (Å²) in [7, 11) is 0. The third-order valence-corrected chi connectivity index (χ3v) is 10.4. The minimum absolute atomic E-state index is 0.505. The van der Waals surface area contributed by atoms with Crippen LogP contribution >= 0.6 is 0 Å². The van der Waals surface area contributed by atoms with Crippen molar-refractivity contribution < 1.29 is 4.42 Å². The van der Waals surface area contributed by atoms with Gasteiger partial charge in [-0.1, -0.05) is 194 Å². The van der Waals surface area contributed by atoms with Crippen molar-refractivity contribution in [3.05, 3.63) is 217 Å². The van der Waals surface area contributed by atoms with Crippen LogP contribution in [0.3, 0.4) is 0 Å². The Morgan fingerprint density at radius 2 is 0.764 bits per heavy atom. The SMILES string of the molecule is c1ccc(C2=NC(c3ccc(-c4ccc(-c5ccccc5)cc4)c4oc5ccccc5c34)N=C(c3ccc(-c4ccc(-c5ccccc5)cc4)cc3)N2)cc1. The lowest BCUT2D eigenvalue weighted by Gasteiger charge is -2.23. The standard InChI is InChI=1S/C51H35N3O/c1-4-12-34(13-5-1)36-20-22-38(23-21-36)39-26-30-42(31-27-39)50-52-49(41-16-8-3-9-17-41)53-51(54-50)45-33-32-43(48-47(45)44-18-10-11-19-46(44)55-48)40-28-24-37(25-29-40)35-14-6-2-7-15-35/h1-33,51H,(H,52,53,54). The summed E-state index contributed by atoms with van der Waals surface area (Å²) in [4.78, 5) is 10.6. The van der Waals surface area contributed by atoms with Crippen LogP contribution in [0.5, 0.6) is 0 Å². The second kappa shape index (κ2) is 13.9. The average Bonchev–Trinajstić information content (AvgIpc) is 3.67. The van der Waals surface area contributed by atoms with Gasteiger partial charge in [0.05, 0.1) is 0 Å². The molecule has 1 aliphatic heterocycles. The average molecular weight is 706 g/mol. The van der Waals surface area contributed by atoms with Crippen LogP contribution in [0.1, 0.15) is 22.9 Å². The molecule has 1 aliphatic rings. The first-order valence-electron chi connectivity index (χ1n) is 18.6. The normalized spacial score (nSPS) is 14.0. The molecular weight excluding hydrogens is 671 g/mol. The summed E-state index contributed by atoms with van der Waals surface area (Å²) < 4.78 is 6.68. The number of hydrogen-bond acceptors (Lipinski definition) is 4. The number of hydrogen-bond donors (Lipinski definition) is 1. The second-order valence-electron chi connectivity index (χ2n) is 13.8. The predicted molar refractivity (Wildman–Crippen MR) is 227 cm³/mol. The Hall–Kier alpha value is -7.30. The number of aliphatic imine (C=N–C) groups is 2. The first kappa shape index (κ1) is 32.4. The predicted octanol–water partition coefficient (Wildman–Crippen LogP) is 12.7. The Morgan fingerprint density at radius 3 is 1.29 bits per heavy atom. The highest BCUT2D eigenvalue weighted by atomic mass is 16.3. The maximum atomic E-state index is 6.68. The monoisotopic (exact) mass is 705 g/mol. The second-order valence-corrected chi connectivity index (χ2v) is 13.8. The van der Waals surface area contributed by atoms with E-state index in [9.17, 15) is 0 Å². The van der Waals surface area contributed by atoms with Crippen LogP contribution in [0.2, 0.25) is 0 Å². The maximum Gasteiger partial charge on any atom is 0.170 e. The lowest BCUT2D eigenvalue weighted by atomic mass is 9.95.